The van der Waals surface area contributed by atoms with E-state index in [0.717, 1.165) is 12.0 Å². The molecule has 2 aromatic rings. The number of rotatable bonds is 7. The van der Waals surface area contributed by atoms with Gasteiger partial charge in [-0.2, -0.15) is 0 Å². The maximum absolute atomic E-state index is 12.2. The van der Waals surface area contributed by atoms with Crippen molar-refractivity contribution in [2.75, 3.05) is 11.9 Å². The second-order valence-corrected chi connectivity index (χ2v) is 6.13. The Morgan fingerprint density at radius 3 is 2.46 bits per heavy atom. The van der Waals surface area contributed by atoms with Crippen LogP contribution in [-0.2, 0) is 4.79 Å². The van der Waals surface area contributed by atoms with Gasteiger partial charge in [-0.05, 0) is 30.2 Å². The molecule has 0 aliphatic rings. The number of benzene rings is 2. The normalized spacial score (nSPS) is 11.2. The van der Waals surface area contributed by atoms with E-state index in [9.17, 15) is 9.59 Å². The topological polar surface area (TPSA) is 84.2 Å². The summed E-state index contributed by atoms with van der Waals surface area (Å²) in [6.07, 6.45) is 1.000. The fourth-order valence-corrected chi connectivity index (χ4v) is 2.61. The van der Waals surface area contributed by atoms with Crippen molar-refractivity contribution >= 4 is 41.5 Å². The van der Waals surface area contributed by atoms with Gasteiger partial charge in [0.25, 0.3) is 5.91 Å². The summed E-state index contributed by atoms with van der Waals surface area (Å²) in [7, 11) is 0. The molecule has 5 nitrogen and oxygen atoms in total. The smallest absolute Gasteiger partial charge is 0.252 e. The lowest BCUT2D eigenvalue weighted by Gasteiger charge is -2.13. The maximum Gasteiger partial charge on any atom is 0.252 e. The highest BCUT2D eigenvalue weighted by Crippen LogP contribution is 2.22. The van der Waals surface area contributed by atoms with E-state index in [1.54, 1.807) is 18.2 Å². The fourth-order valence-electron chi connectivity index (χ4n) is 2.34. The van der Waals surface area contributed by atoms with E-state index < -0.39 is 0 Å². The van der Waals surface area contributed by atoms with E-state index in [-0.39, 0.29) is 36.7 Å². The van der Waals surface area contributed by atoms with E-state index >= 15 is 0 Å². The first-order chi connectivity index (χ1) is 12.0. The van der Waals surface area contributed by atoms with Crippen molar-refractivity contribution in [1.29, 1.82) is 0 Å². The molecule has 26 heavy (non-hydrogen) atoms. The van der Waals surface area contributed by atoms with Gasteiger partial charge in [0.05, 0.1) is 10.6 Å². The number of amides is 2. The van der Waals surface area contributed by atoms with Gasteiger partial charge in [-0.25, -0.2) is 0 Å². The first kappa shape index (κ1) is 22.0. The molecule has 0 fully saturated rings. The molecule has 2 amide bonds. The summed E-state index contributed by atoms with van der Waals surface area (Å²) in [5.41, 5.74) is 7.86. The molecule has 0 aromatic heterocycles. The van der Waals surface area contributed by atoms with E-state index in [1.807, 2.05) is 37.3 Å². The van der Waals surface area contributed by atoms with Crippen LogP contribution in [0.4, 0.5) is 5.69 Å². The lowest BCUT2D eigenvalue weighted by molar-refractivity contribution is -0.116. The quantitative estimate of drug-likeness (QED) is 0.663. The van der Waals surface area contributed by atoms with Crippen LogP contribution in [0.15, 0.2) is 48.5 Å². The number of anilines is 1. The number of carbonyl (C=O) groups is 2. The minimum atomic E-state index is -0.379. The summed E-state index contributed by atoms with van der Waals surface area (Å²) in [4.78, 5) is 24.1. The summed E-state index contributed by atoms with van der Waals surface area (Å²) in [6, 6.07) is 13.9. The molecular weight excluding hydrogens is 373 g/mol. The van der Waals surface area contributed by atoms with Crippen molar-refractivity contribution in [2.45, 2.75) is 25.8 Å². The van der Waals surface area contributed by atoms with Crippen molar-refractivity contribution in [3.8, 4) is 0 Å². The van der Waals surface area contributed by atoms with Crippen LogP contribution >= 0.6 is 24.0 Å². The Bertz CT molecular complexity index is 739. The lowest BCUT2D eigenvalue weighted by Crippen LogP contribution is -2.24. The molecule has 0 spiro atoms. The van der Waals surface area contributed by atoms with Gasteiger partial charge in [-0.1, -0.05) is 48.9 Å². The first-order valence-corrected chi connectivity index (χ1v) is 8.57. The van der Waals surface area contributed by atoms with Crippen LogP contribution in [0, 0.1) is 0 Å². The standard InChI is InChI=1S/C19H22ClN3O2.ClH/c1-2-10-22-19(25)15-9-8-14(11-16(15)20)23-18(24)12-17(21)13-6-4-3-5-7-13;/h3-9,11,17H,2,10,12,21H2,1H3,(H,22,25)(H,23,24);1H. The highest BCUT2D eigenvalue weighted by Gasteiger charge is 2.14. The Kier molecular flexibility index (Phi) is 9.13. The Labute approximate surface area is 164 Å². The summed E-state index contributed by atoms with van der Waals surface area (Å²) in [5, 5.41) is 5.81. The summed E-state index contributed by atoms with van der Waals surface area (Å²) < 4.78 is 0. The third kappa shape index (κ3) is 6.33. The van der Waals surface area contributed by atoms with Crippen LogP contribution in [0.2, 0.25) is 5.02 Å². The van der Waals surface area contributed by atoms with Crippen LogP contribution in [0.1, 0.15) is 41.7 Å². The van der Waals surface area contributed by atoms with Crippen LogP contribution in [0.5, 0.6) is 0 Å². The molecule has 2 rings (SSSR count). The summed E-state index contributed by atoms with van der Waals surface area (Å²) in [6.45, 7) is 2.56. The second kappa shape index (κ2) is 10.8. The van der Waals surface area contributed by atoms with Crippen molar-refractivity contribution < 1.29 is 9.59 Å². The van der Waals surface area contributed by atoms with E-state index in [1.165, 1.54) is 0 Å². The third-order valence-corrected chi connectivity index (χ3v) is 3.98. The van der Waals surface area contributed by atoms with Crippen molar-refractivity contribution in [3.63, 3.8) is 0 Å². The van der Waals surface area contributed by atoms with Gasteiger partial charge in [-0.3, -0.25) is 9.59 Å². The molecule has 1 unspecified atom stereocenters. The Balaban J connectivity index is 0.00000338. The molecule has 0 aliphatic heterocycles. The fraction of sp³-hybridized carbons (Fsp3) is 0.263. The molecule has 4 N–H and O–H groups in total. The minimum Gasteiger partial charge on any atom is -0.352 e. The molecule has 0 bridgehead atoms. The molecule has 2 aromatic carbocycles. The van der Waals surface area contributed by atoms with E-state index in [4.69, 9.17) is 17.3 Å². The van der Waals surface area contributed by atoms with Gasteiger partial charge < -0.3 is 16.4 Å². The van der Waals surface area contributed by atoms with Crippen LogP contribution < -0.4 is 16.4 Å². The highest BCUT2D eigenvalue weighted by atomic mass is 35.5. The van der Waals surface area contributed by atoms with Gasteiger partial charge in [0.2, 0.25) is 5.91 Å². The largest absolute Gasteiger partial charge is 0.352 e. The minimum absolute atomic E-state index is 0. The van der Waals surface area contributed by atoms with Gasteiger partial charge in [0, 0.05) is 24.7 Å². The SMILES string of the molecule is CCCNC(=O)c1ccc(NC(=O)CC(N)c2ccccc2)cc1Cl.Cl. The number of hydrogen-bond donors (Lipinski definition) is 3. The van der Waals surface area contributed by atoms with Crippen molar-refractivity contribution in [2.24, 2.45) is 5.73 Å². The number of nitrogens with one attached hydrogen (secondary N) is 2. The average Bonchev–Trinajstić information content (AvgIpc) is 2.60. The Hall–Kier alpha value is -2.08. The number of halogens is 2. The molecule has 140 valence electrons. The lowest BCUT2D eigenvalue weighted by atomic mass is 10.0. The predicted octanol–water partition coefficient (Wildman–Crippen LogP) is 3.93. The molecule has 1 atom stereocenters. The zero-order valence-electron chi connectivity index (χ0n) is 14.5. The first-order valence-electron chi connectivity index (χ1n) is 8.19. The molecular formula is C19H23Cl2N3O2. The zero-order chi connectivity index (χ0) is 18.2. The van der Waals surface area contributed by atoms with E-state index in [0.29, 0.717) is 22.8 Å². The van der Waals surface area contributed by atoms with Crippen LogP contribution in [0.3, 0.4) is 0 Å². The zero-order valence-corrected chi connectivity index (χ0v) is 16.1. The molecule has 0 aliphatic carbocycles. The van der Waals surface area contributed by atoms with Gasteiger partial charge in [0.1, 0.15) is 0 Å². The Morgan fingerprint density at radius 1 is 1.15 bits per heavy atom. The third-order valence-electron chi connectivity index (χ3n) is 3.67. The Morgan fingerprint density at radius 2 is 1.85 bits per heavy atom. The van der Waals surface area contributed by atoms with Crippen LogP contribution in [0.25, 0.3) is 0 Å². The molecule has 0 radical (unpaired) electrons. The van der Waals surface area contributed by atoms with E-state index in [2.05, 4.69) is 10.6 Å². The molecule has 0 heterocycles. The van der Waals surface area contributed by atoms with Gasteiger partial charge in [-0.15, -0.1) is 12.4 Å². The summed E-state index contributed by atoms with van der Waals surface area (Å²) >= 11 is 6.15. The summed E-state index contributed by atoms with van der Waals surface area (Å²) in [5.74, 6) is -0.438. The average molecular weight is 396 g/mol. The number of hydrogen-bond acceptors (Lipinski definition) is 3. The number of carbonyl (C=O) groups excluding carboxylic acids is 2. The molecule has 0 saturated heterocycles. The highest BCUT2D eigenvalue weighted by molar-refractivity contribution is 6.34. The number of nitrogens with two attached hydrogens (primary N) is 1. The van der Waals surface area contributed by atoms with Gasteiger partial charge >= 0.3 is 0 Å². The van der Waals surface area contributed by atoms with Gasteiger partial charge in [0.15, 0.2) is 0 Å². The predicted molar refractivity (Wildman–Crippen MR) is 108 cm³/mol. The van der Waals surface area contributed by atoms with Crippen molar-refractivity contribution in [1.82, 2.24) is 5.32 Å². The monoisotopic (exact) mass is 395 g/mol. The molecule has 0 saturated carbocycles. The van der Waals surface area contributed by atoms with Crippen molar-refractivity contribution in [3.05, 3.63) is 64.7 Å². The molecule has 7 heteroatoms. The maximum atomic E-state index is 12.2. The second-order valence-electron chi connectivity index (χ2n) is 5.72. The van der Waals surface area contributed by atoms with Crippen LogP contribution in [-0.4, -0.2) is 18.4 Å².